The zero-order valence-corrected chi connectivity index (χ0v) is 14.7. The van der Waals surface area contributed by atoms with Gasteiger partial charge in [-0.05, 0) is 60.5 Å². The molecule has 7 heteroatoms. The SMILES string of the molecule is Cc1nnnn1-c1cccc(C(=O)N2CCCCC[C@H]2c2ccco2)c1. The van der Waals surface area contributed by atoms with E-state index in [9.17, 15) is 4.79 Å². The third-order valence-corrected chi connectivity index (χ3v) is 4.85. The van der Waals surface area contributed by atoms with E-state index in [1.54, 1.807) is 10.9 Å². The third-order valence-electron chi connectivity index (χ3n) is 4.85. The Balaban J connectivity index is 1.66. The van der Waals surface area contributed by atoms with Crippen molar-refractivity contribution in [3.63, 3.8) is 0 Å². The maximum atomic E-state index is 13.3. The van der Waals surface area contributed by atoms with Crippen LogP contribution >= 0.6 is 0 Å². The number of amides is 1. The summed E-state index contributed by atoms with van der Waals surface area (Å²) in [6, 6.07) is 11.3. The van der Waals surface area contributed by atoms with Gasteiger partial charge in [-0.15, -0.1) is 5.10 Å². The second-order valence-corrected chi connectivity index (χ2v) is 6.57. The summed E-state index contributed by atoms with van der Waals surface area (Å²) in [4.78, 5) is 15.2. The monoisotopic (exact) mass is 351 g/mol. The summed E-state index contributed by atoms with van der Waals surface area (Å²) in [5.41, 5.74) is 1.42. The molecular weight excluding hydrogens is 330 g/mol. The van der Waals surface area contributed by atoms with Crippen LogP contribution in [0.2, 0.25) is 0 Å². The quantitative estimate of drug-likeness (QED) is 0.723. The van der Waals surface area contributed by atoms with Crippen molar-refractivity contribution in [1.29, 1.82) is 0 Å². The van der Waals surface area contributed by atoms with Gasteiger partial charge in [-0.1, -0.05) is 18.9 Å². The van der Waals surface area contributed by atoms with Gasteiger partial charge in [0.05, 0.1) is 18.0 Å². The molecule has 0 bridgehead atoms. The first kappa shape index (κ1) is 16.5. The van der Waals surface area contributed by atoms with E-state index in [1.165, 1.54) is 0 Å². The number of aromatic nitrogens is 4. The van der Waals surface area contributed by atoms with Crippen molar-refractivity contribution >= 4 is 5.91 Å². The Labute approximate surface area is 151 Å². The molecule has 0 unspecified atom stereocenters. The van der Waals surface area contributed by atoms with Crippen LogP contribution in [0.25, 0.3) is 5.69 Å². The molecule has 1 atom stereocenters. The predicted molar refractivity (Wildman–Crippen MR) is 94.8 cm³/mol. The number of nitrogens with zero attached hydrogens (tertiary/aromatic N) is 5. The van der Waals surface area contributed by atoms with Crippen molar-refractivity contribution in [3.05, 3.63) is 59.8 Å². The fourth-order valence-electron chi connectivity index (χ4n) is 3.53. The molecule has 26 heavy (non-hydrogen) atoms. The molecule has 0 radical (unpaired) electrons. The average Bonchev–Trinajstić information content (AvgIpc) is 3.28. The van der Waals surface area contributed by atoms with Crippen molar-refractivity contribution in [2.75, 3.05) is 6.54 Å². The molecule has 2 aromatic heterocycles. The molecule has 0 aliphatic carbocycles. The molecule has 3 heterocycles. The van der Waals surface area contributed by atoms with Crippen LogP contribution in [-0.4, -0.2) is 37.6 Å². The van der Waals surface area contributed by atoms with Crippen LogP contribution in [0.1, 0.15) is 53.7 Å². The molecule has 0 saturated carbocycles. The zero-order chi connectivity index (χ0) is 17.9. The summed E-state index contributed by atoms with van der Waals surface area (Å²) in [6.45, 7) is 2.56. The van der Waals surface area contributed by atoms with Gasteiger partial charge in [0.1, 0.15) is 5.76 Å². The number of likely N-dealkylation sites (tertiary alicyclic amines) is 1. The summed E-state index contributed by atoms with van der Waals surface area (Å²) in [6.07, 6.45) is 5.83. The van der Waals surface area contributed by atoms with Crippen molar-refractivity contribution in [1.82, 2.24) is 25.1 Å². The Kier molecular flexibility index (Phi) is 4.51. The molecule has 1 aromatic carbocycles. The van der Waals surface area contributed by atoms with Gasteiger partial charge in [-0.25, -0.2) is 0 Å². The van der Waals surface area contributed by atoms with Gasteiger partial charge in [0, 0.05) is 12.1 Å². The third kappa shape index (κ3) is 3.12. The number of hydrogen-bond acceptors (Lipinski definition) is 5. The summed E-state index contributed by atoms with van der Waals surface area (Å²) < 4.78 is 7.25. The molecule has 1 saturated heterocycles. The Morgan fingerprint density at radius 2 is 2.12 bits per heavy atom. The Hall–Kier alpha value is -2.96. The number of hydrogen-bond donors (Lipinski definition) is 0. The number of rotatable bonds is 3. The van der Waals surface area contributed by atoms with Gasteiger partial charge in [0.15, 0.2) is 5.82 Å². The fourth-order valence-corrected chi connectivity index (χ4v) is 3.53. The van der Waals surface area contributed by atoms with E-state index in [2.05, 4.69) is 15.5 Å². The highest BCUT2D eigenvalue weighted by Crippen LogP contribution is 2.31. The normalized spacial score (nSPS) is 17.9. The molecule has 1 aliphatic heterocycles. The minimum atomic E-state index is -0.0153. The summed E-state index contributed by atoms with van der Waals surface area (Å²) >= 11 is 0. The van der Waals surface area contributed by atoms with Crippen molar-refractivity contribution < 1.29 is 9.21 Å². The molecule has 7 nitrogen and oxygen atoms in total. The summed E-state index contributed by atoms with van der Waals surface area (Å²) in [5, 5.41) is 11.6. The second-order valence-electron chi connectivity index (χ2n) is 6.57. The number of aryl methyl sites for hydroxylation is 1. The van der Waals surface area contributed by atoms with Crippen LogP contribution in [0.5, 0.6) is 0 Å². The zero-order valence-electron chi connectivity index (χ0n) is 14.7. The van der Waals surface area contributed by atoms with Gasteiger partial charge in [-0.2, -0.15) is 4.68 Å². The molecule has 0 N–H and O–H groups in total. The number of furan rings is 1. The predicted octanol–water partition coefficient (Wildman–Crippen LogP) is 3.32. The minimum Gasteiger partial charge on any atom is -0.467 e. The average molecular weight is 351 g/mol. The van der Waals surface area contributed by atoms with E-state index in [0.717, 1.165) is 43.7 Å². The second kappa shape index (κ2) is 7.11. The van der Waals surface area contributed by atoms with E-state index in [-0.39, 0.29) is 11.9 Å². The molecule has 0 spiro atoms. The molecule has 1 fully saturated rings. The topological polar surface area (TPSA) is 77.1 Å². The maximum Gasteiger partial charge on any atom is 0.254 e. The molecule has 1 aliphatic rings. The summed E-state index contributed by atoms with van der Waals surface area (Å²) in [7, 11) is 0. The lowest BCUT2D eigenvalue weighted by atomic mass is 10.1. The lowest BCUT2D eigenvalue weighted by Gasteiger charge is -2.29. The summed E-state index contributed by atoms with van der Waals surface area (Å²) in [5.74, 6) is 1.55. The van der Waals surface area contributed by atoms with E-state index in [0.29, 0.717) is 11.4 Å². The van der Waals surface area contributed by atoms with Crippen molar-refractivity contribution in [3.8, 4) is 5.69 Å². The Morgan fingerprint density at radius 3 is 2.88 bits per heavy atom. The van der Waals surface area contributed by atoms with E-state index >= 15 is 0 Å². The minimum absolute atomic E-state index is 0.0147. The van der Waals surface area contributed by atoms with Gasteiger partial charge in [0.25, 0.3) is 5.91 Å². The molecular formula is C19H21N5O2. The van der Waals surface area contributed by atoms with Crippen LogP contribution < -0.4 is 0 Å². The lowest BCUT2D eigenvalue weighted by Crippen LogP contribution is -2.34. The lowest BCUT2D eigenvalue weighted by molar-refractivity contribution is 0.0658. The number of carbonyl (C=O) groups excluding carboxylic acids is 1. The van der Waals surface area contributed by atoms with E-state index in [1.807, 2.05) is 48.2 Å². The van der Waals surface area contributed by atoms with E-state index < -0.39 is 0 Å². The first-order valence-corrected chi connectivity index (χ1v) is 8.94. The Bertz CT molecular complexity index is 887. The van der Waals surface area contributed by atoms with Gasteiger partial charge < -0.3 is 9.32 Å². The van der Waals surface area contributed by atoms with Crippen molar-refractivity contribution in [2.45, 2.75) is 38.6 Å². The van der Waals surface area contributed by atoms with Crippen LogP contribution in [0, 0.1) is 6.92 Å². The highest BCUT2D eigenvalue weighted by atomic mass is 16.3. The van der Waals surface area contributed by atoms with Crippen LogP contribution in [-0.2, 0) is 0 Å². The maximum absolute atomic E-state index is 13.3. The highest BCUT2D eigenvalue weighted by molar-refractivity contribution is 5.95. The number of carbonyl (C=O) groups is 1. The fraction of sp³-hybridized carbons (Fsp3) is 0.368. The molecule has 3 aromatic rings. The highest BCUT2D eigenvalue weighted by Gasteiger charge is 2.29. The smallest absolute Gasteiger partial charge is 0.254 e. The van der Waals surface area contributed by atoms with Crippen LogP contribution in [0.15, 0.2) is 47.1 Å². The standard InChI is InChI=1S/C19H21N5O2/c1-14-20-21-22-24(14)16-8-5-7-15(13-16)19(25)23-11-4-2-3-9-17(23)18-10-6-12-26-18/h5-8,10,12-13,17H,2-4,9,11H2,1H3/t17-/m0/s1. The van der Waals surface area contributed by atoms with E-state index in [4.69, 9.17) is 4.42 Å². The first-order chi connectivity index (χ1) is 12.7. The first-order valence-electron chi connectivity index (χ1n) is 8.94. The van der Waals surface area contributed by atoms with Crippen LogP contribution in [0.4, 0.5) is 0 Å². The number of tetrazole rings is 1. The van der Waals surface area contributed by atoms with Gasteiger partial charge in [0.2, 0.25) is 0 Å². The molecule has 134 valence electrons. The largest absolute Gasteiger partial charge is 0.467 e. The molecule has 1 amide bonds. The van der Waals surface area contributed by atoms with Crippen molar-refractivity contribution in [2.24, 2.45) is 0 Å². The van der Waals surface area contributed by atoms with Crippen LogP contribution in [0.3, 0.4) is 0 Å². The van der Waals surface area contributed by atoms with Gasteiger partial charge >= 0.3 is 0 Å². The number of benzene rings is 1. The Morgan fingerprint density at radius 1 is 1.19 bits per heavy atom. The molecule has 4 rings (SSSR count). The van der Waals surface area contributed by atoms with Gasteiger partial charge in [-0.3, -0.25) is 4.79 Å².